The van der Waals surface area contributed by atoms with Crippen LogP contribution in [0.3, 0.4) is 0 Å². The number of oxazole rings is 1. The molecule has 1 aromatic carbocycles. The monoisotopic (exact) mass is 363 g/mol. The molecule has 2 amide bonds. The fourth-order valence-electron chi connectivity index (χ4n) is 2.09. The molecule has 0 spiro atoms. The topological polar surface area (TPSA) is 84.7 Å². The highest BCUT2D eigenvalue weighted by atomic mass is 32.2. The number of esters is 1. The standard InChI is InChI=1S/C17H21N3O4S/c1-11(2)20(9-15-19-14(10-24-15)16(21)23-3)17(22)18-12-5-7-13(25-4)8-6-12/h5-8,10-11H,9H2,1-4H3,(H,18,22). The second-order valence-electron chi connectivity index (χ2n) is 5.50. The SMILES string of the molecule is COC(=O)c1coc(CN(C(=O)Nc2ccc(SC)cc2)C(C)C)n1. The lowest BCUT2D eigenvalue weighted by molar-refractivity contribution is 0.0594. The first-order chi connectivity index (χ1) is 11.9. The lowest BCUT2D eigenvalue weighted by atomic mass is 10.3. The van der Waals surface area contributed by atoms with Gasteiger partial charge >= 0.3 is 12.0 Å². The van der Waals surface area contributed by atoms with Crippen molar-refractivity contribution in [3.05, 3.63) is 42.1 Å². The van der Waals surface area contributed by atoms with Crippen LogP contribution in [0.25, 0.3) is 0 Å². The fraction of sp³-hybridized carbons (Fsp3) is 0.353. The maximum atomic E-state index is 12.6. The van der Waals surface area contributed by atoms with Crippen LogP contribution in [0.2, 0.25) is 0 Å². The van der Waals surface area contributed by atoms with Crippen LogP contribution in [0, 0.1) is 0 Å². The summed E-state index contributed by atoms with van der Waals surface area (Å²) >= 11 is 1.63. The molecule has 25 heavy (non-hydrogen) atoms. The number of nitrogens with zero attached hydrogens (tertiary/aromatic N) is 2. The number of ether oxygens (including phenoxy) is 1. The van der Waals surface area contributed by atoms with E-state index < -0.39 is 5.97 Å². The quantitative estimate of drug-likeness (QED) is 0.623. The third-order valence-electron chi connectivity index (χ3n) is 3.48. The summed E-state index contributed by atoms with van der Waals surface area (Å²) in [6.07, 6.45) is 3.21. The lowest BCUT2D eigenvalue weighted by Gasteiger charge is -2.25. The molecule has 0 bridgehead atoms. The average Bonchev–Trinajstić information content (AvgIpc) is 3.08. The molecule has 2 rings (SSSR count). The van der Waals surface area contributed by atoms with E-state index in [1.807, 2.05) is 44.4 Å². The van der Waals surface area contributed by atoms with E-state index in [1.54, 1.807) is 16.7 Å². The molecule has 0 aliphatic rings. The molecular formula is C17H21N3O4S. The van der Waals surface area contributed by atoms with Crippen LogP contribution in [0.15, 0.2) is 39.8 Å². The molecule has 1 aromatic heterocycles. The van der Waals surface area contributed by atoms with Gasteiger partial charge in [-0.05, 0) is 44.4 Å². The van der Waals surface area contributed by atoms with E-state index in [0.29, 0.717) is 5.69 Å². The lowest BCUT2D eigenvalue weighted by Crippen LogP contribution is -2.39. The molecule has 0 unspecified atom stereocenters. The summed E-state index contributed by atoms with van der Waals surface area (Å²) in [4.78, 5) is 30.7. The van der Waals surface area contributed by atoms with Gasteiger partial charge in [0.2, 0.25) is 5.89 Å². The molecular weight excluding hydrogens is 342 g/mol. The third-order valence-corrected chi connectivity index (χ3v) is 4.22. The van der Waals surface area contributed by atoms with Crippen molar-refractivity contribution < 1.29 is 18.7 Å². The van der Waals surface area contributed by atoms with Gasteiger partial charge in [0.25, 0.3) is 0 Å². The van der Waals surface area contributed by atoms with Crippen molar-refractivity contribution in [1.82, 2.24) is 9.88 Å². The highest BCUT2D eigenvalue weighted by Crippen LogP contribution is 2.18. The molecule has 0 saturated heterocycles. The minimum absolute atomic E-state index is 0.0780. The van der Waals surface area contributed by atoms with Gasteiger partial charge in [-0.2, -0.15) is 0 Å². The molecule has 0 aliphatic carbocycles. The van der Waals surface area contributed by atoms with Crippen molar-refractivity contribution in [2.45, 2.75) is 31.3 Å². The number of hydrogen-bond donors (Lipinski definition) is 1. The number of hydrogen-bond acceptors (Lipinski definition) is 6. The van der Waals surface area contributed by atoms with E-state index in [1.165, 1.54) is 13.4 Å². The van der Waals surface area contributed by atoms with Crippen LogP contribution in [0.4, 0.5) is 10.5 Å². The summed E-state index contributed by atoms with van der Waals surface area (Å²) in [5.41, 5.74) is 0.783. The number of aromatic nitrogens is 1. The normalized spacial score (nSPS) is 10.6. The molecule has 7 nitrogen and oxygen atoms in total. The highest BCUT2D eigenvalue weighted by molar-refractivity contribution is 7.98. The molecule has 0 saturated carbocycles. The Morgan fingerprint density at radius 3 is 2.56 bits per heavy atom. The molecule has 8 heteroatoms. The largest absolute Gasteiger partial charge is 0.464 e. The molecule has 0 fully saturated rings. The van der Waals surface area contributed by atoms with Gasteiger partial charge in [-0.1, -0.05) is 0 Å². The Morgan fingerprint density at radius 2 is 2.00 bits per heavy atom. The van der Waals surface area contributed by atoms with Crippen LogP contribution < -0.4 is 5.32 Å². The maximum Gasteiger partial charge on any atom is 0.360 e. The van der Waals surface area contributed by atoms with Gasteiger partial charge in [-0.25, -0.2) is 14.6 Å². The van der Waals surface area contributed by atoms with Gasteiger partial charge in [0.15, 0.2) is 5.69 Å². The van der Waals surface area contributed by atoms with Gasteiger partial charge in [0, 0.05) is 16.6 Å². The Balaban J connectivity index is 2.07. The van der Waals surface area contributed by atoms with Gasteiger partial charge in [0.1, 0.15) is 6.26 Å². The highest BCUT2D eigenvalue weighted by Gasteiger charge is 2.21. The second kappa shape index (κ2) is 8.57. The summed E-state index contributed by atoms with van der Waals surface area (Å²) in [6, 6.07) is 7.22. The van der Waals surface area contributed by atoms with Crippen LogP contribution in [-0.2, 0) is 11.3 Å². The summed E-state index contributed by atoms with van der Waals surface area (Å²) in [6.45, 7) is 3.92. The van der Waals surface area contributed by atoms with E-state index in [-0.39, 0.29) is 30.2 Å². The molecule has 0 aliphatic heterocycles. The first kappa shape index (κ1) is 18.9. The molecule has 2 aromatic rings. The van der Waals surface area contributed by atoms with Crippen molar-refractivity contribution in [1.29, 1.82) is 0 Å². The fourth-order valence-corrected chi connectivity index (χ4v) is 2.49. The zero-order valence-electron chi connectivity index (χ0n) is 14.6. The Hall–Kier alpha value is -2.48. The number of benzene rings is 1. The summed E-state index contributed by atoms with van der Waals surface area (Å²) in [5, 5.41) is 2.85. The molecule has 134 valence electrons. The van der Waals surface area contributed by atoms with Gasteiger partial charge in [-0.15, -0.1) is 11.8 Å². The predicted octanol–water partition coefficient (Wildman–Crippen LogP) is 3.63. The predicted molar refractivity (Wildman–Crippen MR) is 95.8 cm³/mol. The molecule has 1 heterocycles. The minimum atomic E-state index is -0.579. The van der Waals surface area contributed by atoms with Gasteiger partial charge in [-0.3, -0.25) is 0 Å². The summed E-state index contributed by atoms with van der Waals surface area (Å²) in [7, 11) is 1.27. The van der Waals surface area contributed by atoms with Crippen molar-refractivity contribution in [2.24, 2.45) is 0 Å². The molecule has 0 radical (unpaired) electrons. The third kappa shape index (κ3) is 4.99. The molecule has 1 N–H and O–H groups in total. The Labute approximate surface area is 150 Å². The van der Waals surface area contributed by atoms with Gasteiger partial charge in [0.05, 0.1) is 13.7 Å². The average molecular weight is 363 g/mol. The number of urea groups is 1. The van der Waals surface area contributed by atoms with Crippen LogP contribution >= 0.6 is 11.8 Å². The number of carbonyl (C=O) groups is 2. The van der Waals surface area contributed by atoms with Crippen molar-refractivity contribution in [2.75, 3.05) is 18.7 Å². The van der Waals surface area contributed by atoms with Crippen LogP contribution in [-0.4, -0.2) is 41.3 Å². The number of methoxy groups -OCH3 is 1. The van der Waals surface area contributed by atoms with E-state index in [2.05, 4.69) is 15.0 Å². The number of rotatable bonds is 6. The van der Waals surface area contributed by atoms with E-state index in [4.69, 9.17) is 4.42 Å². The first-order valence-corrected chi connectivity index (χ1v) is 8.91. The Bertz CT molecular complexity index is 728. The zero-order valence-corrected chi connectivity index (χ0v) is 15.4. The second-order valence-corrected chi connectivity index (χ2v) is 6.38. The smallest absolute Gasteiger partial charge is 0.360 e. The van der Waals surface area contributed by atoms with Crippen LogP contribution in [0.5, 0.6) is 0 Å². The molecule has 0 atom stereocenters. The number of nitrogens with one attached hydrogen (secondary N) is 1. The van der Waals surface area contributed by atoms with E-state index in [0.717, 1.165) is 4.90 Å². The maximum absolute atomic E-state index is 12.6. The number of anilines is 1. The Morgan fingerprint density at radius 1 is 1.32 bits per heavy atom. The first-order valence-electron chi connectivity index (χ1n) is 7.69. The van der Waals surface area contributed by atoms with E-state index >= 15 is 0 Å². The van der Waals surface area contributed by atoms with Crippen LogP contribution in [0.1, 0.15) is 30.2 Å². The van der Waals surface area contributed by atoms with Crippen molar-refractivity contribution in [3.8, 4) is 0 Å². The summed E-state index contributed by atoms with van der Waals surface area (Å²) in [5.74, 6) is -0.314. The minimum Gasteiger partial charge on any atom is -0.464 e. The Kier molecular flexibility index (Phi) is 6.46. The van der Waals surface area contributed by atoms with Crippen molar-refractivity contribution >= 4 is 29.4 Å². The van der Waals surface area contributed by atoms with E-state index in [9.17, 15) is 9.59 Å². The van der Waals surface area contributed by atoms with Crippen molar-refractivity contribution in [3.63, 3.8) is 0 Å². The zero-order chi connectivity index (χ0) is 18.4. The van der Waals surface area contributed by atoms with Gasteiger partial charge < -0.3 is 19.4 Å². The number of amides is 2. The summed E-state index contributed by atoms with van der Waals surface area (Å²) < 4.78 is 9.85. The number of thioether (sulfide) groups is 1. The number of carbonyl (C=O) groups excluding carboxylic acids is 2.